The lowest BCUT2D eigenvalue weighted by atomic mass is 10.0. The quantitative estimate of drug-likeness (QED) is 0.609. The molecule has 2 heteroatoms. The number of ketones is 1. The van der Waals surface area contributed by atoms with Crippen molar-refractivity contribution in [3.63, 3.8) is 0 Å². The molecule has 0 aliphatic heterocycles. The van der Waals surface area contributed by atoms with Gasteiger partial charge in [0.1, 0.15) is 5.78 Å². The monoisotopic (exact) mass is 129 g/mol. The summed E-state index contributed by atoms with van der Waals surface area (Å²) in [4.78, 5) is 10.9. The number of Topliss-reactive ketones (excluding diaryl/α,β-unsaturated/α-hetero) is 1. The van der Waals surface area contributed by atoms with Crippen LogP contribution in [0.4, 0.5) is 0 Å². The van der Waals surface area contributed by atoms with Gasteiger partial charge in [-0.3, -0.25) is 4.79 Å². The van der Waals surface area contributed by atoms with Crippen molar-refractivity contribution in [2.45, 2.75) is 20.3 Å². The SMILES string of the molecule is CC[C@H](C)C(=O)CNC. The van der Waals surface area contributed by atoms with Gasteiger partial charge in [-0.2, -0.15) is 0 Å². The largest absolute Gasteiger partial charge is 0.313 e. The minimum Gasteiger partial charge on any atom is -0.313 e. The maximum absolute atomic E-state index is 10.9. The van der Waals surface area contributed by atoms with E-state index in [1.165, 1.54) is 0 Å². The smallest absolute Gasteiger partial charge is 0.149 e. The number of hydrogen-bond donors (Lipinski definition) is 1. The molecular formula is C7H15NO. The normalized spacial score (nSPS) is 13.2. The third-order valence-electron chi connectivity index (χ3n) is 1.51. The molecule has 9 heavy (non-hydrogen) atoms. The molecule has 1 atom stereocenters. The fourth-order valence-electron chi connectivity index (χ4n) is 0.576. The van der Waals surface area contributed by atoms with E-state index in [0.29, 0.717) is 12.3 Å². The third-order valence-corrected chi connectivity index (χ3v) is 1.51. The second-order valence-corrected chi connectivity index (χ2v) is 2.31. The van der Waals surface area contributed by atoms with E-state index in [2.05, 4.69) is 5.32 Å². The molecule has 0 aromatic rings. The summed E-state index contributed by atoms with van der Waals surface area (Å²) in [7, 11) is 1.79. The average molecular weight is 129 g/mol. The highest BCUT2D eigenvalue weighted by atomic mass is 16.1. The van der Waals surface area contributed by atoms with Crippen LogP contribution in [0.25, 0.3) is 0 Å². The number of carbonyl (C=O) groups excluding carboxylic acids is 1. The third kappa shape index (κ3) is 3.25. The molecule has 0 fully saturated rings. The molecule has 0 unspecified atom stereocenters. The Balaban J connectivity index is 3.46. The van der Waals surface area contributed by atoms with Crippen LogP contribution in [-0.4, -0.2) is 19.4 Å². The molecule has 0 heterocycles. The Morgan fingerprint density at radius 3 is 2.56 bits per heavy atom. The van der Waals surface area contributed by atoms with Gasteiger partial charge >= 0.3 is 0 Å². The molecule has 0 aliphatic rings. The first-order valence-electron chi connectivity index (χ1n) is 3.39. The summed E-state index contributed by atoms with van der Waals surface area (Å²) in [5.74, 6) is 0.525. The highest BCUT2D eigenvalue weighted by molar-refractivity contribution is 5.82. The van der Waals surface area contributed by atoms with Gasteiger partial charge in [0.2, 0.25) is 0 Å². The van der Waals surface area contributed by atoms with Crippen molar-refractivity contribution in [2.75, 3.05) is 13.6 Å². The second kappa shape index (κ2) is 4.50. The molecule has 0 spiro atoms. The fourth-order valence-corrected chi connectivity index (χ4v) is 0.576. The van der Waals surface area contributed by atoms with Gasteiger partial charge in [0.15, 0.2) is 0 Å². The lowest BCUT2D eigenvalue weighted by molar-refractivity contribution is -0.121. The van der Waals surface area contributed by atoms with E-state index < -0.39 is 0 Å². The van der Waals surface area contributed by atoms with Crippen molar-refractivity contribution < 1.29 is 4.79 Å². The van der Waals surface area contributed by atoms with Crippen LogP contribution in [0.3, 0.4) is 0 Å². The molecule has 2 nitrogen and oxygen atoms in total. The Kier molecular flexibility index (Phi) is 4.32. The van der Waals surface area contributed by atoms with E-state index in [0.717, 1.165) is 6.42 Å². The first-order valence-corrected chi connectivity index (χ1v) is 3.39. The van der Waals surface area contributed by atoms with E-state index in [1.54, 1.807) is 7.05 Å². The van der Waals surface area contributed by atoms with E-state index in [4.69, 9.17) is 0 Å². The Bertz CT molecular complexity index is 90.9. The van der Waals surface area contributed by atoms with E-state index in [-0.39, 0.29) is 5.92 Å². The van der Waals surface area contributed by atoms with Crippen molar-refractivity contribution in [1.82, 2.24) is 5.32 Å². The molecular weight excluding hydrogens is 114 g/mol. The lowest BCUT2D eigenvalue weighted by Gasteiger charge is -2.04. The minimum atomic E-state index is 0.220. The van der Waals surface area contributed by atoms with Gasteiger partial charge in [-0.1, -0.05) is 13.8 Å². The van der Waals surface area contributed by atoms with E-state index in [1.807, 2.05) is 13.8 Å². The van der Waals surface area contributed by atoms with Crippen molar-refractivity contribution in [3.05, 3.63) is 0 Å². The molecule has 0 rings (SSSR count). The molecule has 0 saturated heterocycles. The Hall–Kier alpha value is -0.370. The Morgan fingerprint density at radius 1 is 1.67 bits per heavy atom. The molecule has 0 aromatic carbocycles. The van der Waals surface area contributed by atoms with Crippen LogP contribution in [0.1, 0.15) is 20.3 Å². The zero-order valence-corrected chi connectivity index (χ0v) is 6.40. The first kappa shape index (κ1) is 8.63. The minimum absolute atomic E-state index is 0.220. The highest BCUT2D eigenvalue weighted by Crippen LogP contribution is 1.99. The standard InChI is InChI=1S/C7H15NO/c1-4-6(2)7(9)5-8-3/h6,8H,4-5H2,1-3H3/t6-/m0/s1. The molecule has 0 aromatic heterocycles. The molecule has 54 valence electrons. The van der Waals surface area contributed by atoms with Crippen molar-refractivity contribution >= 4 is 5.78 Å². The fraction of sp³-hybridized carbons (Fsp3) is 0.857. The van der Waals surface area contributed by atoms with Crippen LogP contribution in [0.2, 0.25) is 0 Å². The second-order valence-electron chi connectivity index (χ2n) is 2.31. The summed E-state index contributed by atoms with van der Waals surface area (Å²) in [6.45, 7) is 4.49. The number of hydrogen-bond acceptors (Lipinski definition) is 2. The summed E-state index contributed by atoms with van der Waals surface area (Å²) in [5.41, 5.74) is 0. The van der Waals surface area contributed by atoms with E-state index >= 15 is 0 Å². The molecule has 1 N–H and O–H groups in total. The molecule has 0 amide bonds. The van der Waals surface area contributed by atoms with Crippen molar-refractivity contribution in [3.8, 4) is 0 Å². The Morgan fingerprint density at radius 2 is 2.22 bits per heavy atom. The number of rotatable bonds is 4. The highest BCUT2D eigenvalue weighted by Gasteiger charge is 2.07. The van der Waals surface area contributed by atoms with Crippen LogP contribution in [0.15, 0.2) is 0 Å². The lowest BCUT2D eigenvalue weighted by Crippen LogP contribution is -2.23. The Labute approximate surface area is 56.6 Å². The van der Waals surface area contributed by atoms with Crippen molar-refractivity contribution in [1.29, 1.82) is 0 Å². The van der Waals surface area contributed by atoms with Crippen LogP contribution in [0.5, 0.6) is 0 Å². The summed E-state index contributed by atoms with van der Waals surface area (Å²) < 4.78 is 0. The molecule has 0 radical (unpaired) electrons. The average Bonchev–Trinajstić information content (AvgIpc) is 1.87. The summed E-state index contributed by atoms with van der Waals surface area (Å²) in [6.07, 6.45) is 0.945. The predicted molar refractivity (Wildman–Crippen MR) is 38.4 cm³/mol. The first-order chi connectivity index (χ1) is 4.22. The molecule has 0 saturated carbocycles. The van der Waals surface area contributed by atoms with Gasteiger partial charge in [0.25, 0.3) is 0 Å². The summed E-state index contributed by atoms with van der Waals surface area (Å²) in [5, 5.41) is 2.83. The maximum atomic E-state index is 10.9. The topological polar surface area (TPSA) is 29.1 Å². The number of carbonyl (C=O) groups is 1. The van der Waals surface area contributed by atoms with Gasteiger partial charge in [-0.05, 0) is 13.5 Å². The zero-order chi connectivity index (χ0) is 7.28. The number of likely N-dealkylation sites (N-methyl/N-ethyl adjacent to an activating group) is 1. The van der Waals surface area contributed by atoms with Crippen LogP contribution < -0.4 is 5.32 Å². The van der Waals surface area contributed by atoms with Gasteiger partial charge in [0, 0.05) is 5.92 Å². The molecule has 0 aliphatic carbocycles. The summed E-state index contributed by atoms with van der Waals surface area (Å²) in [6, 6.07) is 0. The van der Waals surface area contributed by atoms with E-state index in [9.17, 15) is 4.79 Å². The van der Waals surface area contributed by atoms with Crippen LogP contribution in [-0.2, 0) is 4.79 Å². The van der Waals surface area contributed by atoms with Gasteiger partial charge in [-0.25, -0.2) is 0 Å². The zero-order valence-electron chi connectivity index (χ0n) is 6.40. The van der Waals surface area contributed by atoms with Gasteiger partial charge in [-0.15, -0.1) is 0 Å². The summed E-state index contributed by atoms with van der Waals surface area (Å²) >= 11 is 0. The number of nitrogens with one attached hydrogen (secondary N) is 1. The van der Waals surface area contributed by atoms with Crippen LogP contribution >= 0.6 is 0 Å². The van der Waals surface area contributed by atoms with Crippen LogP contribution in [0, 0.1) is 5.92 Å². The van der Waals surface area contributed by atoms with Gasteiger partial charge < -0.3 is 5.32 Å². The molecule has 0 bridgehead atoms. The van der Waals surface area contributed by atoms with Gasteiger partial charge in [0.05, 0.1) is 6.54 Å². The maximum Gasteiger partial charge on any atom is 0.149 e. The predicted octanol–water partition coefficient (Wildman–Crippen LogP) is 0.821. The van der Waals surface area contributed by atoms with Crippen molar-refractivity contribution in [2.24, 2.45) is 5.92 Å².